The van der Waals surface area contributed by atoms with Crippen molar-refractivity contribution in [3.63, 3.8) is 0 Å². The molecule has 1 saturated carbocycles. The molecule has 1 heterocycles. The molecule has 0 saturated heterocycles. The van der Waals surface area contributed by atoms with Crippen LogP contribution in [0.2, 0.25) is 0 Å². The third-order valence-corrected chi connectivity index (χ3v) is 4.65. The third kappa shape index (κ3) is 2.81. The normalized spacial score (nSPS) is 22.3. The zero-order valence-electron chi connectivity index (χ0n) is 11.9. The number of para-hydroxylation sites is 1. The first kappa shape index (κ1) is 13.5. The Balaban J connectivity index is 1.74. The zero-order chi connectivity index (χ0) is 13.8. The van der Waals surface area contributed by atoms with Crippen molar-refractivity contribution in [3.05, 3.63) is 29.8 Å². The van der Waals surface area contributed by atoms with E-state index in [1.165, 1.54) is 31.2 Å². The van der Waals surface area contributed by atoms with Crippen molar-refractivity contribution >= 4 is 0 Å². The molecule has 0 aromatic heterocycles. The molecule has 1 aromatic carbocycles. The van der Waals surface area contributed by atoms with Crippen LogP contribution in [0.5, 0.6) is 5.75 Å². The molecule has 0 N–H and O–H groups in total. The van der Waals surface area contributed by atoms with E-state index in [0.717, 1.165) is 25.3 Å². The van der Waals surface area contributed by atoms with Gasteiger partial charge >= 0.3 is 0 Å². The summed E-state index contributed by atoms with van der Waals surface area (Å²) >= 11 is 0. The second-order valence-electron chi connectivity index (χ2n) is 5.90. The van der Waals surface area contributed by atoms with Gasteiger partial charge in [-0.2, -0.15) is 5.26 Å². The second-order valence-corrected chi connectivity index (χ2v) is 5.90. The van der Waals surface area contributed by atoms with Crippen LogP contribution in [0.3, 0.4) is 0 Å². The number of hydrogen-bond donors (Lipinski definition) is 0. The van der Waals surface area contributed by atoms with Crippen molar-refractivity contribution in [2.24, 2.45) is 0 Å². The van der Waals surface area contributed by atoms with E-state index in [0.29, 0.717) is 18.5 Å². The van der Waals surface area contributed by atoms with Gasteiger partial charge in [0.15, 0.2) is 0 Å². The van der Waals surface area contributed by atoms with Crippen LogP contribution in [-0.4, -0.2) is 30.6 Å². The molecule has 1 atom stereocenters. The standard InChI is InChI=1S/C17H22N2O/c18-10-11-19(15-5-1-2-6-15)13-14-9-12-20-17-8-4-3-7-16(14)17/h3-4,7-8,14-15H,1-2,5-6,9,11-13H2. The predicted molar refractivity (Wildman–Crippen MR) is 78.7 cm³/mol. The Kier molecular flexibility index (Phi) is 4.22. The van der Waals surface area contributed by atoms with Gasteiger partial charge in [-0.1, -0.05) is 31.0 Å². The van der Waals surface area contributed by atoms with Crippen molar-refractivity contribution < 1.29 is 4.74 Å². The number of rotatable bonds is 4. The summed E-state index contributed by atoms with van der Waals surface area (Å²) in [5.41, 5.74) is 1.32. The predicted octanol–water partition coefficient (Wildman–Crippen LogP) is 3.32. The minimum atomic E-state index is 0.508. The molecular weight excluding hydrogens is 248 g/mol. The zero-order valence-corrected chi connectivity index (χ0v) is 11.9. The molecule has 1 aromatic rings. The number of hydrogen-bond acceptors (Lipinski definition) is 3. The molecule has 106 valence electrons. The van der Waals surface area contributed by atoms with Gasteiger partial charge in [0.2, 0.25) is 0 Å². The van der Waals surface area contributed by atoms with E-state index in [4.69, 9.17) is 10.00 Å². The van der Waals surface area contributed by atoms with Gasteiger partial charge in [-0.3, -0.25) is 4.90 Å². The Morgan fingerprint density at radius 1 is 1.20 bits per heavy atom. The Labute approximate surface area is 121 Å². The molecule has 20 heavy (non-hydrogen) atoms. The summed E-state index contributed by atoms with van der Waals surface area (Å²) in [6.07, 6.45) is 6.21. The average molecular weight is 270 g/mol. The summed E-state index contributed by atoms with van der Waals surface area (Å²) in [7, 11) is 0. The first-order valence-corrected chi connectivity index (χ1v) is 7.71. The molecule has 3 nitrogen and oxygen atoms in total. The van der Waals surface area contributed by atoms with Crippen molar-refractivity contribution in [2.75, 3.05) is 19.7 Å². The van der Waals surface area contributed by atoms with E-state index in [9.17, 15) is 0 Å². The molecule has 0 radical (unpaired) electrons. The summed E-state index contributed by atoms with van der Waals surface area (Å²) < 4.78 is 5.74. The van der Waals surface area contributed by atoms with Gasteiger partial charge < -0.3 is 4.74 Å². The fourth-order valence-corrected chi connectivity index (χ4v) is 3.59. The van der Waals surface area contributed by atoms with Crippen LogP contribution in [0.4, 0.5) is 0 Å². The molecule has 3 heteroatoms. The van der Waals surface area contributed by atoms with Crippen molar-refractivity contribution in [1.29, 1.82) is 5.26 Å². The Hall–Kier alpha value is -1.53. The summed E-state index contributed by atoms with van der Waals surface area (Å²) in [6.45, 7) is 2.36. The van der Waals surface area contributed by atoms with E-state index in [-0.39, 0.29) is 0 Å². The van der Waals surface area contributed by atoms with Crippen LogP contribution >= 0.6 is 0 Å². The van der Waals surface area contributed by atoms with Crippen LogP contribution in [0.15, 0.2) is 24.3 Å². The largest absolute Gasteiger partial charge is 0.493 e. The average Bonchev–Trinajstić information content (AvgIpc) is 3.01. The Bertz CT molecular complexity index is 488. The van der Waals surface area contributed by atoms with Crippen molar-refractivity contribution in [3.8, 4) is 11.8 Å². The van der Waals surface area contributed by atoms with Crippen molar-refractivity contribution in [1.82, 2.24) is 4.90 Å². The topological polar surface area (TPSA) is 36.3 Å². The lowest BCUT2D eigenvalue weighted by atomic mass is 9.92. The van der Waals surface area contributed by atoms with Crippen LogP contribution in [0.25, 0.3) is 0 Å². The van der Waals surface area contributed by atoms with Crippen LogP contribution in [0, 0.1) is 11.3 Å². The summed E-state index contributed by atoms with van der Waals surface area (Å²) in [4.78, 5) is 2.40. The van der Waals surface area contributed by atoms with E-state index in [1.807, 2.05) is 6.07 Å². The number of ether oxygens (including phenoxy) is 1. The van der Waals surface area contributed by atoms with Gasteiger partial charge in [-0.05, 0) is 30.9 Å². The van der Waals surface area contributed by atoms with E-state index in [2.05, 4.69) is 29.2 Å². The van der Waals surface area contributed by atoms with E-state index in [1.54, 1.807) is 0 Å². The van der Waals surface area contributed by atoms with Gasteiger partial charge in [-0.25, -0.2) is 0 Å². The van der Waals surface area contributed by atoms with Gasteiger partial charge in [0, 0.05) is 18.5 Å². The van der Waals surface area contributed by atoms with Gasteiger partial charge in [-0.15, -0.1) is 0 Å². The van der Waals surface area contributed by atoms with Crippen LogP contribution in [0.1, 0.15) is 43.6 Å². The summed E-state index contributed by atoms with van der Waals surface area (Å²) in [5, 5.41) is 9.11. The van der Waals surface area contributed by atoms with Crippen LogP contribution < -0.4 is 4.74 Å². The SMILES string of the molecule is N#CCN(CC1CCOc2ccccc21)C1CCCC1. The molecule has 1 unspecified atom stereocenters. The lowest BCUT2D eigenvalue weighted by Crippen LogP contribution is -2.38. The minimum Gasteiger partial charge on any atom is -0.493 e. The highest BCUT2D eigenvalue weighted by Gasteiger charge is 2.28. The lowest BCUT2D eigenvalue weighted by Gasteiger charge is -2.33. The number of fused-ring (bicyclic) bond motifs is 1. The highest BCUT2D eigenvalue weighted by atomic mass is 16.5. The monoisotopic (exact) mass is 270 g/mol. The van der Waals surface area contributed by atoms with Gasteiger partial charge in [0.1, 0.15) is 5.75 Å². The van der Waals surface area contributed by atoms with Gasteiger partial charge in [0.25, 0.3) is 0 Å². The number of nitriles is 1. The maximum Gasteiger partial charge on any atom is 0.122 e. The molecule has 1 fully saturated rings. The highest BCUT2D eigenvalue weighted by molar-refractivity contribution is 5.38. The fourth-order valence-electron chi connectivity index (χ4n) is 3.59. The van der Waals surface area contributed by atoms with Crippen molar-refractivity contribution in [2.45, 2.75) is 44.1 Å². The summed E-state index contributed by atoms with van der Waals surface area (Å²) in [5.74, 6) is 1.54. The lowest BCUT2D eigenvalue weighted by molar-refractivity contribution is 0.182. The smallest absolute Gasteiger partial charge is 0.122 e. The molecule has 3 rings (SSSR count). The first-order valence-electron chi connectivity index (χ1n) is 7.71. The molecule has 0 spiro atoms. The Morgan fingerprint density at radius 3 is 2.80 bits per heavy atom. The molecule has 1 aliphatic heterocycles. The molecular formula is C17H22N2O. The third-order valence-electron chi connectivity index (χ3n) is 4.65. The second kappa shape index (κ2) is 6.28. The summed E-state index contributed by atoms with van der Waals surface area (Å²) in [6, 6.07) is 11.3. The molecule has 0 amide bonds. The first-order chi connectivity index (χ1) is 9.88. The Morgan fingerprint density at radius 2 is 2.00 bits per heavy atom. The van der Waals surface area contributed by atoms with E-state index >= 15 is 0 Å². The van der Waals surface area contributed by atoms with E-state index < -0.39 is 0 Å². The highest BCUT2D eigenvalue weighted by Crippen LogP contribution is 2.35. The van der Waals surface area contributed by atoms with Gasteiger partial charge in [0.05, 0.1) is 19.2 Å². The number of nitrogens with zero attached hydrogens (tertiary/aromatic N) is 2. The fraction of sp³-hybridized carbons (Fsp3) is 0.588. The quantitative estimate of drug-likeness (QED) is 0.787. The maximum absolute atomic E-state index is 9.11. The molecule has 1 aliphatic carbocycles. The maximum atomic E-state index is 9.11. The minimum absolute atomic E-state index is 0.508. The number of benzene rings is 1. The molecule has 2 aliphatic rings. The van der Waals surface area contributed by atoms with Crippen LogP contribution in [-0.2, 0) is 0 Å². The molecule has 0 bridgehead atoms.